The van der Waals surface area contributed by atoms with Crippen LogP contribution in [0, 0.1) is 0 Å². The van der Waals surface area contributed by atoms with Crippen LogP contribution in [0.1, 0.15) is 0 Å². The second-order valence-corrected chi connectivity index (χ2v) is 11.0. The van der Waals surface area contributed by atoms with Crippen LogP contribution in [-0.4, -0.2) is 0 Å². The van der Waals surface area contributed by atoms with Gasteiger partial charge in [-0.1, -0.05) is 121 Å². The van der Waals surface area contributed by atoms with Crippen molar-refractivity contribution < 1.29 is 0 Å². The zero-order chi connectivity index (χ0) is 28.2. The van der Waals surface area contributed by atoms with Crippen LogP contribution in [-0.2, 0) is 0 Å². The Morgan fingerprint density at radius 3 is 1.50 bits per heavy atom. The quantitative estimate of drug-likeness (QED) is 0.220. The summed E-state index contributed by atoms with van der Waals surface area (Å²) in [6.45, 7) is 0. The smallest absolute Gasteiger partial charge is 0.0340 e. The van der Waals surface area contributed by atoms with Gasteiger partial charge in [0.25, 0.3) is 0 Å². The monoisotopic (exact) mass is 536 g/mol. The largest absolute Gasteiger partial charge is 0.399 e. The Labute approximate surface area is 245 Å². The molecule has 0 saturated heterocycles. The van der Waals surface area contributed by atoms with E-state index in [1.807, 2.05) is 18.2 Å². The normalized spacial score (nSPS) is 11.5. The van der Waals surface area contributed by atoms with E-state index >= 15 is 0 Å². The van der Waals surface area contributed by atoms with E-state index in [4.69, 9.17) is 11.5 Å². The average Bonchev–Trinajstić information content (AvgIpc) is 3.38. The zero-order valence-electron chi connectivity index (χ0n) is 23.0. The molecule has 42 heavy (non-hydrogen) atoms. The lowest BCUT2D eigenvalue weighted by molar-refractivity contribution is 1.56. The van der Waals surface area contributed by atoms with Gasteiger partial charge in [0.05, 0.1) is 0 Å². The Bertz CT molecular complexity index is 2110. The molecule has 0 bridgehead atoms. The number of anilines is 2. The van der Waals surface area contributed by atoms with Crippen LogP contribution < -0.4 is 11.5 Å². The lowest BCUT2D eigenvalue weighted by Gasteiger charge is -2.21. The van der Waals surface area contributed by atoms with Crippen molar-refractivity contribution in [1.29, 1.82) is 0 Å². The maximum atomic E-state index is 6.33. The average molecular weight is 537 g/mol. The van der Waals surface area contributed by atoms with Crippen molar-refractivity contribution in [3.63, 3.8) is 0 Å². The molecule has 1 aliphatic rings. The van der Waals surface area contributed by atoms with E-state index in [1.165, 1.54) is 66.4 Å². The van der Waals surface area contributed by atoms with Crippen LogP contribution in [0.25, 0.3) is 77.5 Å². The van der Waals surface area contributed by atoms with Crippen molar-refractivity contribution in [1.82, 2.24) is 0 Å². The molecule has 7 aromatic rings. The number of fused-ring (bicyclic) bond motifs is 3. The van der Waals surface area contributed by atoms with Gasteiger partial charge in [-0.05, 0) is 102 Å². The molecule has 0 unspecified atom stereocenters. The van der Waals surface area contributed by atoms with Crippen LogP contribution in [0.5, 0.6) is 0 Å². The standard InChI is InChI=1S/C40H28N2/c41-30-21-29(22-31(42)23-30)32-20-19-28-17-10-18-33-36(28)38(32)40-35(26-13-6-2-7-14-26)24-34(25-11-4-1-5-12-25)37(39(33)40)27-15-8-3-9-16-27/h1-24H,41-42H2. The third-order valence-electron chi connectivity index (χ3n) is 8.41. The Hall–Kier alpha value is -5.60. The number of nitrogens with two attached hydrogens (primary N) is 2. The zero-order valence-corrected chi connectivity index (χ0v) is 23.0. The first kappa shape index (κ1) is 24.2. The fourth-order valence-corrected chi connectivity index (χ4v) is 6.73. The highest BCUT2D eigenvalue weighted by Crippen LogP contribution is 2.59. The fourth-order valence-electron chi connectivity index (χ4n) is 6.73. The van der Waals surface area contributed by atoms with Gasteiger partial charge in [-0.3, -0.25) is 0 Å². The Balaban J connectivity index is 1.59. The van der Waals surface area contributed by atoms with E-state index in [0.29, 0.717) is 11.4 Å². The van der Waals surface area contributed by atoms with Gasteiger partial charge < -0.3 is 11.5 Å². The van der Waals surface area contributed by atoms with Gasteiger partial charge in [0.1, 0.15) is 0 Å². The summed E-state index contributed by atoms with van der Waals surface area (Å²) >= 11 is 0. The predicted molar refractivity (Wildman–Crippen MR) is 179 cm³/mol. The van der Waals surface area contributed by atoms with Crippen LogP contribution in [0.4, 0.5) is 11.4 Å². The molecule has 8 rings (SSSR count). The number of rotatable bonds is 4. The summed E-state index contributed by atoms with van der Waals surface area (Å²) in [4.78, 5) is 0. The van der Waals surface area contributed by atoms with E-state index in [1.54, 1.807) is 0 Å². The molecule has 4 N–H and O–H groups in total. The molecule has 198 valence electrons. The summed E-state index contributed by atoms with van der Waals surface area (Å²) in [5, 5.41) is 2.49. The SMILES string of the molecule is Nc1cc(N)cc(-c2ccc3cccc4c3c2-c2c(-c3ccccc3)cc(-c3ccccc3)c(-c3ccccc3)c2-4)c1. The van der Waals surface area contributed by atoms with Crippen molar-refractivity contribution >= 4 is 22.1 Å². The topological polar surface area (TPSA) is 52.0 Å². The van der Waals surface area contributed by atoms with Gasteiger partial charge in [-0.15, -0.1) is 0 Å². The highest BCUT2D eigenvalue weighted by Gasteiger charge is 2.32. The van der Waals surface area contributed by atoms with Gasteiger partial charge in [-0.2, -0.15) is 0 Å². The molecule has 0 aromatic heterocycles. The molecule has 2 nitrogen and oxygen atoms in total. The third-order valence-corrected chi connectivity index (χ3v) is 8.41. The Kier molecular flexibility index (Phi) is 5.48. The van der Waals surface area contributed by atoms with E-state index < -0.39 is 0 Å². The Morgan fingerprint density at radius 1 is 0.310 bits per heavy atom. The molecule has 0 aliphatic heterocycles. The second kappa shape index (κ2) is 9.50. The molecular weight excluding hydrogens is 508 g/mol. The summed E-state index contributed by atoms with van der Waals surface area (Å²) in [5.41, 5.74) is 28.4. The van der Waals surface area contributed by atoms with Crippen molar-refractivity contribution in [2.24, 2.45) is 0 Å². The molecule has 0 amide bonds. The lowest BCUT2D eigenvalue weighted by Crippen LogP contribution is -1.95. The number of benzene rings is 7. The molecule has 7 aromatic carbocycles. The number of nitrogen functional groups attached to an aromatic ring is 2. The van der Waals surface area contributed by atoms with E-state index in [0.717, 1.165) is 11.1 Å². The number of hydrogen-bond donors (Lipinski definition) is 2. The number of hydrogen-bond acceptors (Lipinski definition) is 2. The molecule has 0 heterocycles. The van der Waals surface area contributed by atoms with Crippen LogP contribution >= 0.6 is 0 Å². The summed E-state index contributed by atoms with van der Waals surface area (Å²) in [6, 6.07) is 51.7. The predicted octanol–water partition coefficient (Wildman–Crippen LogP) is 10.3. The molecule has 2 heteroatoms. The first-order valence-corrected chi connectivity index (χ1v) is 14.3. The molecule has 1 aliphatic carbocycles. The lowest BCUT2D eigenvalue weighted by atomic mass is 9.81. The van der Waals surface area contributed by atoms with Crippen molar-refractivity contribution in [2.75, 3.05) is 11.5 Å². The van der Waals surface area contributed by atoms with Gasteiger partial charge in [0, 0.05) is 11.4 Å². The molecular formula is C40H28N2. The molecule has 0 spiro atoms. The minimum Gasteiger partial charge on any atom is -0.399 e. The van der Waals surface area contributed by atoms with Crippen LogP contribution in [0.3, 0.4) is 0 Å². The highest BCUT2D eigenvalue weighted by atomic mass is 14.6. The third kappa shape index (κ3) is 3.73. The summed E-state index contributed by atoms with van der Waals surface area (Å²) in [7, 11) is 0. The van der Waals surface area contributed by atoms with Crippen molar-refractivity contribution in [3.05, 3.63) is 146 Å². The van der Waals surface area contributed by atoms with Gasteiger partial charge >= 0.3 is 0 Å². The van der Waals surface area contributed by atoms with Gasteiger partial charge in [0.2, 0.25) is 0 Å². The summed E-state index contributed by atoms with van der Waals surface area (Å²) in [6.07, 6.45) is 0. The van der Waals surface area contributed by atoms with Gasteiger partial charge in [-0.25, -0.2) is 0 Å². The summed E-state index contributed by atoms with van der Waals surface area (Å²) < 4.78 is 0. The van der Waals surface area contributed by atoms with Crippen molar-refractivity contribution in [2.45, 2.75) is 0 Å². The minimum atomic E-state index is 0.663. The van der Waals surface area contributed by atoms with Crippen molar-refractivity contribution in [3.8, 4) is 66.8 Å². The van der Waals surface area contributed by atoms with E-state index in [2.05, 4.69) is 127 Å². The first-order valence-electron chi connectivity index (χ1n) is 14.3. The second-order valence-electron chi connectivity index (χ2n) is 11.0. The highest BCUT2D eigenvalue weighted by molar-refractivity contribution is 6.25. The maximum absolute atomic E-state index is 6.33. The maximum Gasteiger partial charge on any atom is 0.0340 e. The summed E-state index contributed by atoms with van der Waals surface area (Å²) in [5.74, 6) is 0. The molecule has 0 radical (unpaired) electrons. The first-order chi connectivity index (χ1) is 20.7. The van der Waals surface area contributed by atoms with E-state index in [9.17, 15) is 0 Å². The Morgan fingerprint density at radius 2 is 0.881 bits per heavy atom. The fraction of sp³-hybridized carbons (Fsp3) is 0. The molecule has 0 atom stereocenters. The van der Waals surface area contributed by atoms with Gasteiger partial charge in [0.15, 0.2) is 0 Å². The molecule has 0 fully saturated rings. The molecule has 0 saturated carbocycles. The van der Waals surface area contributed by atoms with E-state index in [-0.39, 0.29) is 0 Å². The van der Waals surface area contributed by atoms with Crippen LogP contribution in [0.15, 0.2) is 146 Å². The minimum absolute atomic E-state index is 0.663. The van der Waals surface area contributed by atoms with Crippen LogP contribution in [0.2, 0.25) is 0 Å².